The van der Waals surface area contributed by atoms with Gasteiger partial charge in [-0.25, -0.2) is 9.59 Å². The van der Waals surface area contributed by atoms with E-state index >= 15 is 0 Å². The molecule has 1 fully saturated rings. The molecule has 1 aromatic rings. The summed E-state index contributed by atoms with van der Waals surface area (Å²) in [5, 5.41) is 5.44. The zero-order valence-corrected chi connectivity index (χ0v) is 14.2. The van der Waals surface area contributed by atoms with Crippen molar-refractivity contribution in [2.45, 2.75) is 25.8 Å². The summed E-state index contributed by atoms with van der Waals surface area (Å²) in [5.41, 5.74) is 2.42. The SMILES string of the molecule is CCOC(=O)C1=C(CN2CCCC2c2cccn2C)NC(=O)NC1. The van der Waals surface area contributed by atoms with Crippen LogP contribution in [0.15, 0.2) is 29.6 Å². The highest BCUT2D eigenvalue weighted by Crippen LogP contribution is 2.32. The topological polar surface area (TPSA) is 75.6 Å². The Bertz CT molecular complexity index is 665. The summed E-state index contributed by atoms with van der Waals surface area (Å²) in [5.74, 6) is -0.366. The summed E-state index contributed by atoms with van der Waals surface area (Å²) in [7, 11) is 2.04. The molecule has 0 saturated carbocycles. The van der Waals surface area contributed by atoms with Crippen molar-refractivity contribution in [1.29, 1.82) is 0 Å². The third kappa shape index (κ3) is 3.31. The first-order chi connectivity index (χ1) is 11.6. The maximum absolute atomic E-state index is 12.2. The Morgan fingerprint density at radius 3 is 3.00 bits per heavy atom. The van der Waals surface area contributed by atoms with Gasteiger partial charge in [0.05, 0.1) is 24.8 Å². The van der Waals surface area contributed by atoms with E-state index in [4.69, 9.17) is 4.74 Å². The number of urea groups is 1. The number of amides is 2. The van der Waals surface area contributed by atoms with Gasteiger partial charge in [-0.2, -0.15) is 0 Å². The van der Waals surface area contributed by atoms with Crippen molar-refractivity contribution >= 4 is 12.0 Å². The van der Waals surface area contributed by atoms with Gasteiger partial charge in [-0.05, 0) is 38.4 Å². The van der Waals surface area contributed by atoms with Gasteiger partial charge < -0.3 is 19.9 Å². The molecule has 3 heterocycles. The van der Waals surface area contributed by atoms with Crippen LogP contribution in [0, 0.1) is 0 Å². The van der Waals surface area contributed by atoms with Crippen LogP contribution >= 0.6 is 0 Å². The van der Waals surface area contributed by atoms with Crippen molar-refractivity contribution in [1.82, 2.24) is 20.1 Å². The van der Waals surface area contributed by atoms with E-state index in [0.717, 1.165) is 19.4 Å². The van der Waals surface area contributed by atoms with E-state index in [1.54, 1.807) is 6.92 Å². The average Bonchev–Trinajstić information content (AvgIpc) is 3.16. The number of carbonyl (C=O) groups excluding carboxylic acids is 2. The number of hydrogen-bond donors (Lipinski definition) is 2. The zero-order chi connectivity index (χ0) is 17.1. The maximum atomic E-state index is 12.2. The van der Waals surface area contributed by atoms with E-state index in [2.05, 4.69) is 26.2 Å². The highest BCUT2D eigenvalue weighted by molar-refractivity contribution is 5.93. The van der Waals surface area contributed by atoms with E-state index < -0.39 is 0 Å². The molecule has 0 spiro atoms. The summed E-state index contributed by atoms with van der Waals surface area (Å²) >= 11 is 0. The fourth-order valence-corrected chi connectivity index (χ4v) is 3.45. The second kappa shape index (κ2) is 7.09. The second-order valence-corrected chi connectivity index (χ2v) is 6.16. The molecule has 3 rings (SSSR count). The van der Waals surface area contributed by atoms with E-state index in [1.807, 2.05) is 19.3 Å². The minimum atomic E-state index is -0.366. The number of nitrogens with zero attached hydrogens (tertiary/aromatic N) is 2. The minimum Gasteiger partial charge on any atom is -0.463 e. The van der Waals surface area contributed by atoms with Crippen molar-refractivity contribution in [3.63, 3.8) is 0 Å². The Kier molecular flexibility index (Phi) is 4.89. The van der Waals surface area contributed by atoms with E-state index in [9.17, 15) is 9.59 Å². The summed E-state index contributed by atoms with van der Waals surface area (Å²) in [6.07, 6.45) is 4.22. The van der Waals surface area contributed by atoms with Gasteiger partial charge in [0.15, 0.2) is 0 Å². The predicted molar refractivity (Wildman–Crippen MR) is 89.2 cm³/mol. The summed E-state index contributed by atoms with van der Waals surface area (Å²) < 4.78 is 7.25. The number of likely N-dealkylation sites (tertiary alicyclic amines) is 1. The molecule has 0 radical (unpaired) electrons. The molecule has 130 valence electrons. The third-order valence-corrected chi connectivity index (χ3v) is 4.63. The lowest BCUT2D eigenvalue weighted by Crippen LogP contribution is -2.46. The molecule has 2 amide bonds. The van der Waals surface area contributed by atoms with Crippen molar-refractivity contribution < 1.29 is 14.3 Å². The lowest BCUT2D eigenvalue weighted by Gasteiger charge is -2.29. The number of ether oxygens (including phenoxy) is 1. The van der Waals surface area contributed by atoms with Crippen LogP contribution in [-0.2, 0) is 16.6 Å². The third-order valence-electron chi connectivity index (χ3n) is 4.63. The minimum absolute atomic E-state index is 0.211. The van der Waals surface area contributed by atoms with Crippen LogP contribution in [0.5, 0.6) is 0 Å². The normalized spacial score (nSPS) is 21.6. The molecule has 7 heteroatoms. The molecule has 0 bridgehead atoms. The summed E-state index contributed by atoms with van der Waals surface area (Å²) in [6.45, 7) is 3.79. The van der Waals surface area contributed by atoms with Crippen LogP contribution in [-0.4, -0.2) is 47.7 Å². The monoisotopic (exact) mass is 332 g/mol. The average molecular weight is 332 g/mol. The smallest absolute Gasteiger partial charge is 0.337 e. The van der Waals surface area contributed by atoms with Gasteiger partial charge in [-0.3, -0.25) is 4.90 Å². The zero-order valence-electron chi connectivity index (χ0n) is 14.2. The van der Waals surface area contributed by atoms with Gasteiger partial charge in [-0.1, -0.05) is 0 Å². The van der Waals surface area contributed by atoms with E-state index in [0.29, 0.717) is 30.5 Å². The van der Waals surface area contributed by atoms with Crippen LogP contribution in [0.3, 0.4) is 0 Å². The first kappa shape index (κ1) is 16.6. The number of rotatable bonds is 5. The molecule has 2 aliphatic heterocycles. The molecule has 0 aliphatic carbocycles. The first-order valence-electron chi connectivity index (χ1n) is 8.39. The molecule has 2 N–H and O–H groups in total. The van der Waals surface area contributed by atoms with Crippen LogP contribution in [0.4, 0.5) is 4.79 Å². The number of aryl methyl sites for hydroxylation is 1. The molecule has 2 aliphatic rings. The Morgan fingerprint density at radius 1 is 1.46 bits per heavy atom. The fourth-order valence-electron chi connectivity index (χ4n) is 3.45. The molecule has 1 saturated heterocycles. The summed E-state index contributed by atoms with van der Waals surface area (Å²) in [6, 6.07) is 4.20. The second-order valence-electron chi connectivity index (χ2n) is 6.16. The number of nitrogens with one attached hydrogen (secondary N) is 2. The molecule has 24 heavy (non-hydrogen) atoms. The highest BCUT2D eigenvalue weighted by Gasteiger charge is 2.31. The van der Waals surface area contributed by atoms with Crippen molar-refractivity contribution in [3.8, 4) is 0 Å². The Labute approximate surface area is 141 Å². The van der Waals surface area contributed by atoms with Crippen LogP contribution < -0.4 is 10.6 Å². The lowest BCUT2D eigenvalue weighted by molar-refractivity contribution is -0.138. The van der Waals surface area contributed by atoms with Crippen LogP contribution in [0.2, 0.25) is 0 Å². The van der Waals surface area contributed by atoms with E-state index in [1.165, 1.54) is 5.69 Å². The molecule has 0 aromatic carbocycles. The molecular weight excluding hydrogens is 308 g/mol. The number of hydrogen-bond acceptors (Lipinski definition) is 4. The Hall–Kier alpha value is -2.28. The quantitative estimate of drug-likeness (QED) is 0.797. The summed E-state index contributed by atoms with van der Waals surface area (Å²) in [4.78, 5) is 26.2. The number of aromatic nitrogens is 1. The number of esters is 1. The molecule has 7 nitrogen and oxygen atoms in total. The maximum Gasteiger partial charge on any atom is 0.337 e. The molecule has 1 aromatic heterocycles. The standard InChI is InChI=1S/C17H24N4O3/c1-3-24-16(22)12-10-18-17(23)19-13(12)11-21-9-5-7-15(21)14-6-4-8-20(14)2/h4,6,8,15H,3,5,7,9-11H2,1-2H3,(H2,18,19,23). The molecule has 1 atom stereocenters. The van der Waals surface area contributed by atoms with Gasteiger partial charge in [0.25, 0.3) is 0 Å². The Balaban J connectivity index is 1.82. The fraction of sp³-hybridized carbons (Fsp3) is 0.529. The van der Waals surface area contributed by atoms with Gasteiger partial charge in [0.1, 0.15) is 0 Å². The molecule has 1 unspecified atom stereocenters. The van der Waals surface area contributed by atoms with Gasteiger partial charge in [0, 0.05) is 31.2 Å². The van der Waals surface area contributed by atoms with Crippen LogP contribution in [0.25, 0.3) is 0 Å². The first-order valence-corrected chi connectivity index (χ1v) is 8.39. The van der Waals surface area contributed by atoms with Gasteiger partial charge >= 0.3 is 12.0 Å². The van der Waals surface area contributed by atoms with Crippen molar-refractivity contribution in [3.05, 3.63) is 35.3 Å². The van der Waals surface area contributed by atoms with Crippen molar-refractivity contribution in [2.75, 3.05) is 26.2 Å². The predicted octanol–water partition coefficient (Wildman–Crippen LogP) is 1.29. The van der Waals surface area contributed by atoms with Gasteiger partial charge in [0.2, 0.25) is 0 Å². The number of carbonyl (C=O) groups is 2. The molecular formula is C17H24N4O3. The van der Waals surface area contributed by atoms with E-state index in [-0.39, 0.29) is 18.5 Å². The van der Waals surface area contributed by atoms with Gasteiger partial charge in [-0.15, -0.1) is 0 Å². The van der Waals surface area contributed by atoms with Crippen molar-refractivity contribution in [2.24, 2.45) is 7.05 Å². The largest absolute Gasteiger partial charge is 0.463 e. The van der Waals surface area contributed by atoms with Crippen LogP contribution in [0.1, 0.15) is 31.5 Å². The lowest BCUT2D eigenvalue weighted by atomic mass is 10.1. The highest BCUT2D eigenvalue weighted by atomic mass is 16.5. The Morgan fingerprint density at radius 2 is 2.29 bits per heavy atom.